The van der Waals surface area contributed by atoms with Crippen LogP contribution in [-0.4, -0.2) is 49.4 Å². The lowest BCUT2D eigenvalue weighted by Gasteiger charge is -2.35. The minimum atomic E-state index is -0.00107. The second-order valence-electron chi connectivity index (χ2n) is 8.41. The van der Waals surface area contributed by atoms with Gasteiger partial charge in [0.05, 0.1) is 23.0 Å². The molecule has 0 aliphatic carbocycles. The van der Waals surface area contributed by atoms with Crippen molar-refractivity contribution in [3.05, 3.63) is 33.4 Å². The van der Waals surface area contributed by atoms with Gasteiger partial charge in [-0.1, -0.05) is 6.92 Å². The van der Waals surface area contributed by atoms with E-state index >= 15 is 0 Å². The lowest BCUT2D eigenvalue weighted by molar-refractivity contribution is -0.135. The number of hydrogen-bond donors (Lipinski definition) is 1. The van der Waals surface area contributed by atoms with Crippen molar-refractivity contribution in [1.29, 1.82) is 0 Å². The highest BCUT2D eigenvalue weighted by atomic mass is 16.2. The van der Waals surface area contributed by atoms with Crippen LogP contribution in [0.15, 0.2) is 10.9 Å². The number of nitrogens with one attached hydrogen (secondary N) is 1. The maximum Gasteiger partial charge on any atom is 0.277 e. The fourth-order valence-corrected chi connectivity index (χ4v) is 4.54. The Morgan fingerprint density at radius 2 is 2.14 bits per heavy atom. The van der Waals surface area contributed by atoms with Crippen molar-refractivity contribution in [2.45, 2.75) is 77.9 Å². The molecule has 4 heterocycles. The van der Waals surface area contributed by atoms with E-state index in [1.165, 1.54) is 0 Å². The maximum atomic E-state index is 13.1. The summed E-state index contributed by atoms with van der Waals surface area (Å²) < 4.78 is 1.58. The Hall–Kier alpha value is -2.15. The zero-order valence-electron chi connectivity index (χ0n) is 17.2. The van der Waals surface area contributed by atoms with Gasteiger partial charge in [0.25, 0.3) is 5.56 Å². The Morgan fingerprint density at radius 1 is 1.32 bits per heavy atom. The summed E-state index contributed by atoms with van der Waals surface area (Å²) in [5, 5.41) is 3.28. The molecule has 2 aliphatic rings. The number of nitrogens with zero attached hydrogens (tertiary/aromatic N) is 4. The number of aromatic nitrogens is 3. The quantitative estimate of drug-likeness (QED) is 0.878. The zero-order valence-corrected chi connectivity index (χ0v) is 17.2. The van der Waals surface area contributed by atoms with E-state index in [1.54, 1.807) is 4.52 Å². The van der Waals surface area contributed by atoms with Crippen molar-refractivity contribution in [3.8, 4) is 0 Å². The van der Waals surface area contributed by atoms with Crippen molar-refractivity contribution in [2.24, 2.45) is 0 Å². The fourth-order valence-electron chi connectivity index (χ4n) is 4.54. The molecule has 1 saturated heterocycles. The molecular weight excluding hydrogens is 354 g/mol. The Bertz CT molecular complexity index is 929. The second-order valence-corrected chi connectivity index (χ2v) is 8.41. The van der Waals surface area contributed by atoms with Crippen LogP contribution < -0.4 is 5.56 Å². The maximum absolute atomic E-state index is 13.1. The summed E-state index contributed by atoms with van der Waals surface area (Å²) in [6.07, 6.45) is 5.31. The molecule has 1 N–H and O–H groups in total. The Balaban J connectivity index is 1.71. The van der Waals surface area contributed by atoms with Crippen LogP contribution in [0.1, 0.15) is 75.9 Å². The average Bonchev–Trinajstić information content (AvgIpc) is 3.12. The van der Waals surface area contributed by atoms with E-state index in [0.29, 0.717) is 24.7 Å². The summed E-state index contributed by atoms with van der Waals surface area (Å²) in [6, 6.07) is 2.39. The predicted octanol–water partition coefficient (Wildman–Crippen LogP) is 2.64. The number of likely N-dealkylation sites (tertiary alicyclic amines) is 1. The largest absolute Gasteiger partial charge is 0.334 e. The third-order valence-corrected chi connectivity index (χ3v) is 6.19. The van der Waals surface area contributed by atoms with E-state index in [9.17, 15) is 9.59 Å². The van der Waals surface area contributed by atoms with Crippen molar-refractivity contribution < 1.29 is 4.79 Å². The van der Waals surface area contributed by atoms with Gasteiger partial charge < -0.3 is 4.90 Å². The number of aromatic amines is 1. The molecule has 1 fully saturated rings. The number of carbonyl (C=O) groups is 1. The first-order valence-corrected chi connectivity index (χ1v) is 10.7. The molecule has 2 aromatic heterocycles. The van der Waals surface area contributed by atoms with Gasteiger partial charge >= 0.3 is 0 Å². The van der Waals surface area contributed by atoms with Crippen LogP contribution in [0.2, 0.25) is 0 Å². The van der Waals surface area contributed by atoms with Crippen molar-refractivity contribution in [1.82, 2.24) is 24.4 Å². The molecule has 0 unspecified atom stereocenters. The first-order valence-electron chi connectivity index (χ1n) is 10.7. The average molecular weight is 386 g/mol. The van der Waals surface area contributed by atoms with Gasteiger partial charge in [-0.05, 0) is 39.5 Å². The molecule has 2 aliphatic heterocycles. The topological polar surface area (TPSA) is 73.7 Å². The monoisotopic (exact) mass is 385 g/mol. The van der Waals surface area contributed by atoms with Gasteiger partial charge in [0, 0.05) is 44.6 Å². The second kappa shape index (κ2) is 7.70. The van der Waals surface area contributed by atoms with Gasteiger partial charge in [-0.15, -0.1) is 0 Å². The minimum Gasteiger partial charge on any atom is -0.334 e. The van der Waals surface area contributed by atoms with E-state index in [4.69, 9.17) is 4.98 Å². The van der Waals surface area contributed by atoms with Crippen LogP contribution in [0.25, 0.3) is 5.65 Å². The molecule has 0 aromatic carbocycles. The summed E-state index contributed by atoms with van der Waals surface area (Å²) in [6.45, 7) is 8.74. The Morgan fingerprint density at radius 3 is 2.89 bits per heavy atom. The predicted molar refractivity (Wildman–Crippen MR) is 108 cm³/mol. The number of carbonyl (C=O) groups excluding carboxylic acids is 1. The van der Waals surface area contributed by atoms with E-state index in [1.807, 2.05) is 17.9 Å². The normalized spacial score (nSPS) is 20.7. The Kier molecular flexibility index (Phi) is 5.27. The highest BCUT2D eigenvalue weighted by Gasteiger charge is 2.30. The van der Waals surface area contributed by atoms with Crippen molar-refractivity contribution in [3.63, 3.8) is 0 Å². The summed E-state index contributed by atoms with van der Waals surface area (Å²) in [4.78, 5) is 34.8. The fraction of sp³-hybridized carbons (Fsp3) is 0.667. The molecule has 1 amide bonds. The molecule has 0 radical (unpaired) electrons. The summed E-state index contributed by atoms with van der Waals surface area (Å²) in [7, 11) is 0. The number of rotatable bonds is 4. The van der Waals surface area contributed by atoms with E-state index in [0.717, 1.165) is 62.1 Å². The van der Waals surface area contributed by atoms with Crippen LogP contribution in [0.4, 0.5) is 0 Å². The SMILES string of the molecule is CCCC(=O)N1CCCC[C@@H]1c1cc2nc3c(c(=O)n2[nH]1)CN(C(C)C)CC3. The number of piperidine rings is 1. The van der Waals surface area contributed by atoms with E-state index in [-0.39, 0.29) is 17.5 Å². The van der Waals surface area contributed by atoms with Crippen LogP contribution in [0, 0.1) is 0 Å². The van der Waals surface area contributed by atoms with Crippen LogP contribution in [-0.2, 0) is 17.8 Å². The van der Waals surface area contributed by atoms with E-state index < -0.39 is 0 Å². The third kappa shape index (κ3) is 3.36. The molecule has 0 saturated carbocycles. The van der Waals surface area contributed by atoms with Gasteiger partial charge in [0.15, 0.2) is 5.65 Å². The summed E-state index contributed by atoms with van der Waals surface area (Å²) >= 11 is 0. The van der Waals surface area contributed by atoms with E-state index in [2.05, 4.69) is 23.8 Å². The minimum absolute atomic E-state index is 0.00107. The molecule has 7 heteroatoms. The number of H-pyrrole nitrogens is 1. The number of hydrogen-bond acceptors (Lipinski definition) is 4. The molecular formula is C21H31N5O2. The molecule has 1 atom stereocenters. The van der Waals surface area contributed by atoms with Crippen molar-refractivity contribution >= 4 is 11.6 Å². The molecule has 28 heavy (non-hydrogen) atoms. The third-order valence-electron chi connectivity index (χ3n) is 6.19. The van der Waals surface area contributed by atoms with Crippen LogP contribution >= 0.6 is 0 Å². The molecule has 7 nitrogen and oxygen atoms in total. The molecule has 2 aromatic rings. The van der Waals surface area contributed by atoms with Crippen LogP contribution in [0.5, 0.6) is 0 Å². The highest BCUT2D eigenvalue weighted by Crippen LogP contribution is 2.31. The lowest BCUT2D eigenvalue weighted by atomic mass is 9.98. The highest BCUT2D eigenvalue weighted by molar-refractivity contribution is 5.76. The zero-order chi connectivity index (χ0) is 19.8. The van der Waals surface area contributed by atoms with Crippen molar-refractivity contribution in [2.75, 3.05) is 13.1 Å². The number of fused-ring (bicyclic) bond motifs is 2. The lowest BCUT2D eigenvalue weighted by Crippen LogP contribution is -2.40. The van der Waals surface area contributed by atoms with Gasteiger partial charge in [-0.25, -0.2) is 9.50 Å². The van der Waals surface area contributed by atoms with Gasteiger partial charge in [0.2, 0.25) is 5.91 Å². The molecule has 0 spiro atoms. The summed E-state index contributed by atoms with van der Waals surface area (Å²) in [5.41, 5.74) is 3.32. The molecule has 152 valence electrons. The Labute approximate surface area is 165 Å². The summed E-state index contributed by atoms with van der Waals surface area (Å²) in [5.74, 6) is 0.207. The van der Waals surface area contributed by atoms with Crippen LogP contribution in [0.3, 0.4) is 0 Å². The first-order chi connectivity index (χ1) is 13.5. The standard InChI is InChI=1S/C21H31N5O2/c1-4-7-20(27)25-10-6-5-8-18(25)17-12-19-22-16-9-11-24(14(2)3)13-15(16)21(28)26(19)23-17/h12,14,18,23H,4-11,13H2,1-3H3/t18-/m1/s1. The first kappa shape index (κ1) is 19.2. The smallest absolute Gasteiger partial charge is 0.277 e. The van der Waals surface area contributed by atoms with Gasteiger partial charge in [-0.3, -0.25) is 19.6 Å². The van der Waals surface area contributed by atoms with Gasteiger partial charge in [0.1, 0.15) is 0 Å². The molecule has 4 rings (SSSR count). The molecule has 0 bridgehead atoms. The number of amides is 1. The van der Waals surface area contributed by atoms with Gasteiger partial charge in [-0.2, -0.15) is 0 Å².